The monoisotopic (exact) mass is 222 g/mol. The molecule has 2 heterocycles. The second-order valence-corrected chi connectivity index (χ2v) is 4.84. The highest BCUT2D eigenvalue weighted by molar-refractivity contribution is 5.60. The summed E-state index contributed by atoms with van der Waals surface area (Å²) in [6, 6.07) is 0. The summed E-state index contributed by atoms with van der Waals surface area (Å²) < 4.78 is 7.50. The minimum absolute atomic E-state index is 0.0253. The molecular formula is C12H18N2O2. The first-order valence-corrected chi connectivity index (χ1v) is 5.60. The Hall–Kier alpha value is -1.45. The lowest BCUT2D eigenvalue weighted by atomic mass is 10.1. The van der Waals surface area contributed by atoms with Crippen LogP contribution in [0.3, 0.4) is 0 Å². The van der Waals surface area contributed by atoms with E-state index >= 15 is 0 Å². The van der Waals surface area contributed by atoms with Crippen molar-refractivity contribution in [3.63, 3.8) is 0 Å². The Morgan fingerprint density at radius 2 is 2.25 bits per heavy atom. The van der Waals surface area contributed by atoms with Gasteiger partial charge in [-0.15, -0.1) is 0 Å². The van der Waals surface area contributed by atoms with Crippen molar-refractivity contribution in [2.75, 3.05) is 11.9 Å². The molecule has 88 valence electrons. The van der Waals surface area contributed by atoms with Crippen LogP contribution in [0.15, 0.2) is 11.0 Å². The lowest BCUT2D eigenvalue weighted by Gasteiger charge is -2.34. The second-order valence-electron chi connectivity index (χ2n) is 4.84. The average Bonchev–Trinajstić information content (AvgIpc) is 2.22. The highest BCUT2D eigenvalue weighted by atomic mass is 16.5. The average molecular weight is 222 g/mol. The number of aromatic nitrogens is 1. The van der Waals surface area contributed by atoms with Gasteiger partial charge in [-0.25, -0.2) is 0 Å². The first-order valence-electron chi connectivity index (χ1n) is 5.60. The second kappa shape index (κ2) is 3.54. The number of rotatable bonds is 1. The number of anilines is 1. The topological polar surface area (TPSA) is 43.3 Å². The van der Waals surface area contributed by atoms with Gasteiger partial charge in [0, 0.05) is 18.8 Å². The summed E-state index contributed by atoms with van der Waals surface area (Å²) in [6.07, 6.45) is 2.71. The first-order chi connectivity index (χ1) is 7.44. The number of hydrogen-bond acceptors (Lipinski definition) is 3. The van der Waals surface area contributed by atoms with Gasteiger partial charge in [0.1, 0.15) is 11.3 Å². The van der Waals surface area contributed by atoms with Crippen LogP contribution < -0.4 is 15.6 Å². The van der Waals surface area contributed by atoms with Gasteiger partial charge < -0.3 is 14.6 Å². The van der Waals surface area contributed by atoms with Crippen molar-refractivity contribution in [1.29, 1.82) is 0 Å². The Bertz CT molecular complexity index is 475. The van der Waals surface area contributed by atoms with Gasteiger partial charge in [-0.1, -0.05) is 6.92 Å². The van der Waals surface area contributed by atoms with Crippen molar-refractivity contribution in [2.45, 2.75) is 32.8 Å². The number of pyridine rings is 1. The zero-order valence-corrected chi connectivity index (χ0v) is 10.3. The summed E-state index contributed by atoms with van der Waals surface area (Å²) in [6.45, 7) is 6.74. The molecular weight excluding hydrogens is 204 g/mol. The molecule has 0 spiro atoms. The van der Waals surface area contributed by atoms with Crippen molar-refractivity contribution < 1.29 is 4.74 Å². The van der Waals surface area contributed by atoms with E-state index in [1.54, 1.807) is 11.6 Å². The zero-order chi connectivity index (χ0) is 11.9. The third-order valence-electron chi connectivity index (χ3n) is 2.85. The van der Waals surface area contributed by atoms with Crippen LogP contribution >= 0.6 is 0 Å². The van der Waals surface area contributed by atoms with Crippen molar-refractivity contribution in [3.8, 4) is 5.75 Å². The van der Waals surface area contributed by atoms with Crippen LogP contribution in [-0.2, 0) is 13.5 Å². The molecule has 0 amide bonds. The molecule has 0 aromatic carbocycles. The molecule has 0 atom stereocenters. The molecule has 0 saturated carbocycles. The van der Waals surface area contributed by atoms with Gasteiger partial charge in [0.15, 0.2) is 5.75 Å². The summed E-state index contributed by atoms with van der Waals surface area (Å²) in [5, 5.41) is 3.18. The van der Waals surface area contributed by atoms with Crippen LogP contribution in [0.1, 0.15) is 26.3 Å². The van der Waals surface area contributed by atoms with Crippen molar-refractivity contribution in [3.05, 3.63) is 22.1 Å². The van der Waals surface area contributed by atoms with Crippen LogP contribution in [0.2, 0.25) is 0 Å². The Morgan fingerprint density at radius 1 is 1.56 bits per heavy atom. The lowest BCUT2D eigenvalue weighted by molar-refractivity contribution is 0.114. The number of fused-ring (bicyclic) bond motifs is 1. The van der Waals surface area contributed by atoms with Crippen molar-refractivity contribution in [1.82, 2.24) is 4.57 Å². The maximum atomic E-state index is 11.9. The van der Waals surface area contributed by atoms with E-state index in [9.17, 15) is 4.79 Å². The number of nitrogens with zero attached hydrogens (tertiary/aromatic N) is 1. The molecule has 0 aliphatic carbocycles. The smallest absolute Gasteiger partial charge is 0.277 e. The fourth-order valence-corrected chi connectivity index (χ4v) is 1.92. The summed E-state index contributed by atoms with van der Waals surface area (Å²) in [5.41, 5.74) is 1.38. The zero-order valence-electron chi connectivity index (χ0n) is 10.3. The maximum absolute atomic E-state index is 11.9. The number of aryl methyl sites for hydroxylation is 2. The highest BCUT2D eigenvalue weighted by Crippen LogP contribution is 2.33. The fourth-order valence-electron chi connectivity index (χ4n) is 1.92. The van der Waals surface area contributed by atoms with Crippen LogP contribution in [0.25, 0.3) is 0 Å². The van der Waals surface area contributed by atoms with Crippen molar-refractivity contribution >= 4 is 5.69 Å². The number of hydrogen-bond donors (Lipinski definition) is 1. The molecule has 1 N–H and O–H groups in total. The van der Waals surface area contributed by atoms with Gasteiger partial charge in [0.2, 0.25) is 0 Å². The molecule has 1 aliphatic heterocycles. The van der Waals surface area contributed by atoms with E-state index in [1.165, 1.54) is 0 Å². The first kappa shape index (κ1) is 11.0. The van der Waals surface area contributed by atoms with Gasteiger partial charge >= 0.3 is 0 Å². The molecule has 1 aliphatic rings. The standard InChI is InChI=1S/C12H18N2O2/c1-5-8-6-14(4)11(15)9-10(8)16-12(2,3)7-13-9/h6,13H,5,7H2,1-4H3. The van der Waals surface area contributed by atoms with E-state index in [1.807, 2.05) is 20.0 Å². The SMILES string of the molecule is CCc1cn(C)c(=O)c2c1OC(C)(C)CN2. The van der Waals surface area contributed by atoms with E-state index in [2.05, 4.69) is 12.2 Å². The molecule has 0 unspecified atom stereocenters. The summed E-state index contributed by atoms with van der Waals surface area (Å²) >= 11 is 0. The molecule has 0 saturated heterocycles. The predicted molar refractivity (Wildman–Crippen MR) is 64.3 cm³/mol. The molecule has 0 bridgehead atoms. The minimum Gasteiger partial charge on any atom is -0.483 e. The predicted octanol–water partition coefficient (Wildman–Crippen LogP) is 1.53. The van der Waals surface area contributed by atoms with Gasteiger partial charge in [-0.2, -0.15) is 0 Å². The van der Waals surface area contributed by atoms with E-state index in [0.717, 1.165) is 17.7 Å². The van der Waals surface area contributed by atoms with E-state index in [0.29, 0.717) is 12.2 Å². The molecule has 1 aromatic heterocycles. The van der Waals surface area contributed by atoms with Gasteiger partial charge in [0.25, 0.3) is 5.56 Å². The van der Waals surface area contributed by atoms with E-state index < -0.39 is 0 Å². The highest BCUT2D eigenvalue weighted by Gasteiger charge is 2.29. The number of ether oxygens (including phenoxy) is 1. The van der Waals surface area contributed by atoms with Gasteiger partial charge in [0.05, 0.1) is 6.54 Å². The minimum atomic E-state index is -0.261. The Morgan fingerprint density at radius 3 is 2.88 bits per heavy atom. The normalized spacial score (nSPS) is 17.2. The Labute approximate surface area is 95.2 Å². The Kier molecular flexibility index (Phi) is 2.45. The molecule has 4 heteroatoms. The summed E-state index contributed by atoms with van der Waals surface area (Å²) in [7, 11) is 1.77. The van der Waals surface area contributed by atoms with E-state index in [-0.39, 0.29) is 11.2 Å². The Balaban J connectivity index is 2.62. The van der Waals surface area contributed by atoms with Crippen LogP contribution in [0.4, 0.5) is 5.69 Å². The fraction of sp³-hybridized carbons (Fsp3) is 0.583. The molecule has 0 radical (unpaired) electrons. The summed E-state index contributed by atoms with van der Waals surface area (Å²) in [5.74, 6) is 0.724. The third kappa shape index (κ3) is 1.68. The maximum Gasteiger partial charge on any atom is 0.277 e. The van der Waals surface area contributed by atoms with Crippen LogP contribution in [0.5, 0.6) is 5.75 Å². The molecule has 2 rings (SSSR count). The largest absolute Gasteiger partial charge is 0.483 e. The lowest BCUT2D eigenvalue weighted by Crippen LogP contribution is -2.43. The van der Waals surface area contributed by atoms with Gasteiger partial charge in [-0.05, 0) is 20.3 Å². The van der Waals surface area contributed by atoms with Gasteiger partial charge in [-0.3, -0.25) is 4.79 Å². The molecule has 0 fully saturated rings. The van der Waals surface area contributed by atoms with Crippen LogP contribution in [-0.4, -0.2) is 16.7 Å². The quantitative estimate of drug-likeness (QED) is 0.783. The molecule has 4 nitrogen and oxygen atoms in total. The number of nitrogens with one attached hydrogen (secondary N) is 1. The molecule has 1 aromatic rings. The van der Waals surface area contributed by atoms with Crippen molar-refractivity contribution in [2.24, 2.45) is 7.05 Å². The summed E-state index contributed by atoms with van der Waals surface area (Å²) in [4.78, 5) is 11.9. The molecule has 16 heavy (non-hydrogen) atoms. The van der Waals surface area contributed by atoms with E-state index in [4.69, 9.17) is 4.74 Å². The van der Waals surface area contributed by atoms with Crippen LogP contribution in [0, 0.1) is 0 Å². The third-order valence-corrected chi connectivity index (χ3v) is 2.85.